The second-order valence-electron chi connectivity index (χ2n) is 9.84. The smallest absolute Gasteiger partial charge is 0.407 e. The molecule has 0 saturated carbocycles. The molecule has 0 aliphatic rings. The molecule has 2 aromatic rings. The van der Waals surface area contributed by atoms with Crippen molar-refractivity contribution in [3.63, 3.8) is 0 Å². The van der Waals surface area contributed by atoms with E-state index in [-0.39, 0.29) is 6.61 Å². The van der Waals surface area contributed by atoms with Crippen LogP contribution in [-0.4, -0.2) is 55.8 Å². The van der Waals surface area contributed by atoms with Gasteiger partial charge in [-0.2, -0.15) is 0 Å². The van der Waals surface area contributed by atoms with E-state index in [4.69, 9.17) is 18.9 Å². The first-order valence-electron chi connectivity index (χ1n) is 12.9. The van der Waals surface area contributed by atoms with E-state index in [2.05, 4.69) is 10.6 Å². The van der Waals surface area contributed by atoms with Crippen molar-refractivity contribution in [2.24, 2.45) is 0 Å². The van der Waals surface area contributed by atoms with E-state index in [0.717, 1.165) is 16.9 Å². The monoisotopic (exact) mass is 560 g/mol. The summed E-state index contributed by atoms with van der Waals surface area (Å²) in [5, 5.41) is 4.94. The molecule has 2 rings (SSSR count). The summed E-state index contributed by atoms with van der Waals surface area (Å²) in [4.78, 5) is 37.4. The second kappa shape index (κ2) is 16.5. The summed E-state index contributed by atoms with van der Waals surface area (Å²) in [6.07, 6.45) is 0.647. The Labute approximate surface area is 235 Å². The van der Waals surface area contributed by atoms with Crippen LogP contribution in [0.5, 0.6) is 5.75 Å². The molecule has 0 radical (unpaired) electrons. The van der Waals surface area contributed by atoms with Crippen LogP contribution in [0.25, 0.3) is 0 Å². The maximum atomic E-state index is 12.8. The van der Waals surface area contributed by atoms with Crippen molar-refractivity contribution < 1.29 is 33.3 Å². The van der Waals surface area contributed by atoms with Crippen LogP contribution >= 0.6 is 11.8 Å². The van der Waals surface area contributed by atoms with Crippen molar-refractivity contribution in [1.29, 1.82) is 0 Å². The first-order chi connectivity index (χ1) is 18.6. The number of alkyl carbamates (subject to hydrolysis) is 2. The minimum absolute atomic E-state index is 0.112. The van der Waals surface area contributed by atoms with Crippen molar-refractivity contribution in [2.75, 3.05) is 20.8 Å². The van der Waals surface area contributed by atoms with Gasteiger partial charge in [-0.25, -0.2) is 9.59 Å². The highest BCUT2D eigenvalue weighted by Crippen LogP contribution is 2.25. The van der Waals surface area contributed by atoms with E-state index in [0.29, 0.717) is 31.6 Å². The molecule has 0 aliphatic carbocycles. The van der Waals surface area contributed by atoms with E-state index < -0.39 is 35.0 Å². The number of carbonyl (C=O) groups excluding carboxylic acids is 3. The third-order valence-corrected chi connectivity index (χ3v) is 6.89. The zero-order valence-corrected chi connectivity index (χ0v) is 24.2. The molecule has 9 nitrogen and oxygen atoms in total. The van der Waals surface area contributed by atoms with Crippen molar-refractivity contribution >= 4 is 29.9 Å². The topological polar surface area (TPSA) is 112 Å². The lowest BCUT2D eigenvalue weighted by Crippen LogP contribution is -2.46. The summed E-state index contributed by atoms with van der Waals surface area (Å²) in [6.45, 7) is 5.92. The van der Waals surface area contributed by atoms with Gasteiger partial charge in [-0.05, 0) is 63.3 Å². The second-order valence-corrected chi connectivity index (χ2v) is 11.0. The summed E-state index contributed by atoms with van der Waals surface area (Å²) >= 11 is 1.39. The van der Waals surface area contributed by atoms with Crippen LogP contribution in [-0.2, 0) is 31.4 Å². The van der Waals surface area contributed by atoms with Crippen molar-refractivity contribution in [3.05, 3.63) is 65.7 Å². The van der Waals surface area contributed by atoms with Gasteiger partial charge in [0.1, 0.15) is 23.2 Å². The Kier molecular flexibility index (Phi) is 13.5. The van der Waals surface area contributed by atoms with Gasteiger partial charge < -0.3 is 29.6 Å². The third kappa shape index (κ3) is 12.8. The average Bonchev–Trinajstić information content (AvgIpc) is 2.91. The number of rotatable bonds is 14. The number of methoxy groups -OCH3 is 2. The van der Waals surface area contributed by atoms with Crippen molar-refractivity contribution in [2.45, 2.75) is 69.3 Å². The van der Waals surface area contributed by atoms with Crippen LogP contribution < -0.4 is 15.4 Å². The summed E-state index contributed by atoms with van der Waals surface area (Å²) < 4.78 is 21.0. The standard InChI is InChI=1S/C29H40N2O7S/c1-29(2,3)38-27(33)30-18-10-9-13-24(31-28(34)37-19-21-11-7-6-8-12-21)25(26(32)36-5)39-20-22-14-16-23(35-4)17-15-22/h6-8,11-12,14-17,24-25H,9-10,13,18-20H2,1-5H3,(H,30,33)(H,31,34)/t24-,25-/m0/s1. The minimum atomic E-state index is -0.666. The predicted molar refractivity (Wildman–Crippen MR) is 152 cm³/mol. The third-order valence-electron chi connectivity index (χ3n) is 5.51. The van der Waals surface area contributed by atoms with Crippen LogP contribution in [0.1, 0.15) is 51.2 Å². The molecule has 2 aromatic carbocycles. The van der Waals surface area contributed by atoms with E-state index in [9.17, 15) is 14.4 Å². The number of carbonyl (C=O) groups is 3. The molecule has 214 valence electrons. The molecule has 0 bridgehead atoms. The Morgan fingerprint density at radius 1 is 0.897 bits per heavy atom. The number of nitrogens with one attached hydrogen (secondary N) is 2. The Bertz CT molecular complexity index is 1030. The fourth-order valence-corrected chi connectivity index (χ4v) is 4.81. The first-order valence-corrected chi connectivity index (χ1v) is 13.9. The molecule has 0 heterocycles. The van der Waals surface area contributed by atoms with Crippen LogP contribution in [0.2, 0.25) is 0 Å². The fourth-order valence-electron chi connectivity index (χ4n) is 3.58. The van der Waals surface area contributed by atoms with Crippen molar-refractivity contribution in [3.8, 4) is 5.75 Å². The van der Waals surface area contributed by atoms with E-state index in [1.165, 1.54) is 18.9 Å². The maximum absolute atomic E-state index is 12.8. The summed E-state index contributed by atoms with van der Waals surface area (Å²) in [7, 11) is 2.94. The van der Waals surface area contributed by atoms with E-state index >= 15 is 0 Å². The normalized spacial score (nSPS) is 12.5. The molecule has 0 aromatic heterocycles. The number of amides is 2. The highest BCUT2D eigenvalue weighted by molar-refractivity contribution is 7.99. The molecule has 2 amide bonds. The van der Waals surface area contributed by atoms with Crippen molar-refractivity contribution in [1.82, 2.24) is 10.6 Å². The van der Waals surface area contributed by atoms with Gasteiger partial charge >= 0.3 is 18.2 Å². The number of esters is 1. The lowest BCUT2D eigenvalue weighted by atomic mass is 10.1. The largest absolute Gasteiger partial charge is 0.497 e. The van der Waals surface area contributed by atoms with Gasteiger partial charge in [0.25, 0.3) is 0 Å². The molecule has 0 aliphatic heterocycles. The predicted octanol–water partition coefficient (Wildman–Crippen LogP) is 5.46. The molecule has 0 unspecified atom stereocenters. The number of thioether (sulfide) groups is 1. The molecule has 0 saturated heterocycles. The molecular weight excluding hydrogens is 520 g/mol. The zero-order chi connectivity index (χ0) is 28.7. The summed E-state index contributed by atoms with van der Waals surface area (Å²) in [5.74, 6) is 0.837. The maximum Gasteiger partial charge on any atom is 0.407 e. The number of unbranched alkanes of at least 4 members (excludes halogenated alkanes) is 1. The molecule has 0 spiro atoms. The minimum Gasteiger partial charge on any atom is -0.497 e. The number of hydrogen-bond acceptors (Lipinski definition) is 8. The van der Waals surface area contributed by atoms with Gasteiger partial charge in [0.05, 0.1) is 20.3 Å². The Balaban J connectivity index is 2.03. The Morgan fingerprint density at radius 2 is 1.59 bits per heavy atom. The van der Waals surface area contributed by atoms with Crippen LogP contribution in [0.15, 0.2) is 54.6 Å². The number of ether oxygens (including phenoxy) is 4. The van der Waals surface area contributed by atoms with Gasteiger partial charge in [-0.15, -0.1) is 11.8 Å². The van der Waals surface area contributed by atoms with Gasteiger partial charge in [0.2, 0.25) is 0 Å². The average molecular weight is 561 g/mol. The van der Waals surface area contributed by atoms with Crippen LogP contribution in [0.4, 0.5) is 9.59 Å². The first kappa shape index (κ1) is 31.8. The van der Waals surface area contributed by atoms with Crippen LogP contribution in [0.3, 0.4) is 0 Å². The number of hydrogen-bond donors (Lipinski definition) is 2. The summed E-state index contributed by atoms with van der Waals surface area (Å²) in [5.41, 5.74) is 1.28. The van der Waals surface area contributed by atoms with Gasteiger partial charge in [0, 0.05) is 12.3 Å². The van der Waals surface area contributed by atoms with E-state index in [1.807, 2.05) is 54.6 Å². The van der Waals surface area contributed by atoms with Gasteiger partial charge in [-0.3, -0.25) is 4.79 Å². The van der Waals surface area contributed by atoms with Gasteiger partial charge in [-0.1, -0.05) is 42.5 Å². The molecular formula is C29H40N2O7S. The molecule has 2 N–H and O–H groups in total. The Morgan fingerprint density at radius 3 is 2.21 bits per heavy atom. The highest BCUT2D eigenvalue weighted by Gasteiger charge is 2.31. The molecule has 0 fully saturated rings. The molecule has 10 heteroatoms. The van der Waals surface area contributed by atoms with E-state index in [1.54, 1.807) is 27.9 Å². The highest BCUT2D eigenvalue weighted by atomic mass is 32.2. The van der Waals surface area contributed by atoms with Crippen LogP contribution in [0, 0.1) is 0 Å². The quantitative estimate of drug-likeness (QED) is 0.178. The summed E-state index contributed by atoms with van der Waals surface area (Å²) in [6, 6.07) is 16.4. The number of benzene rings is 2. The Hall–Kier alpha value is -3.40. The SMILES string of the molecule is COC(=O)[C@@H](SCc1ccc(OC)cc1)[C@H](CCCCNC(=O)OC(C)(C)C)NC(=O)OCc1ccccc1. The lowest BCUT2D eigenvalue weighted by molar-refractivity contribution is -0.140. The van der Waals surface area contributed by atoms with Gasteiger partial charge in [0.15, 0.2) is 0 Å². The zero-order valence-electron chi connectivity index (χ0n) is 23.4. The molecule has 2 atom stereocenters. The molecule has 39 heavy (non-hydrogen) atoms. The fraction of sp³-hybridized carbons (Fsp3) is 0.483. The lowest BCUT2D eigenvalue weighted by Gasteiger charge is -2.26.